The van der Waals surface area contributed by atoms with Crippen LogP contribution in [-0.4, -0.2) is 28.0 Å². The predicted molar refractivity (Wildman–Crippen MR) is 150 cm³/mol. The lowest BCUT2D eigenvalue weighted by atomic mass is 9.93. The molecule has 0 aliphatic carbocycles. The van der Waals surface area contributed by atoms with Gasteiger partial charge in [0.25, 0.3) is 5.91 Å². The van der Waals surface area contributed by atoms with Crippen LogP contribution in [0.3, 0.4) is 0 Å². The topological polar surface area (TPSA) is 128 Å². The molecule has 4 aromatic rings. The van der Waals surface area contributed by atoms with Crippen LogP contribution in [-0.2, 0) is 22.6 Å². The van der Waals surface area contributed by atoms with Gasteiger partial charge < -0.3 is 21.3 Å². The molecule has 1 aromatic heterocycles. The van der Waals surface area contributed by atoms with Crippen molar-refractivity contribution in [3.05, 3.63) is 106 Å². The van der Waals surface area contributed by atoms with Crippen molar-refractivity contribution in [2.24, 2.45) is 0 Å². The number of urea groups is 1. The molecule has 5 N–H and O–H groups in total. The third-order valence-corrected chi connectivity index (χ3v) is 6.95. The summed E-state index contributed by atoms with van der Waals surface area (Å²) < 4.78 is 14.8. The zero-order chi connectivity index (χ0) is 28.4. The van der Waals surface area contributed by atoms with Crippen molar-refractivity contribution < 1.29 is 18.8 Å². The molecule has 40 heavy (non-hydrogen) atoms. The van der Waals surface area contributed by atoms with E-state index in [0.717, 1.165) is 27.6 Å². The first-order valence-corrected chi connectivity index (χ1v) is 12.8. The molecule has 0 bridgehead atoms. The smallest absolute Gasteiger partial charge is 0.319 e. The number of anilines is 1. The van der Waals surface area contributed by atoms with Crippen LogP contribution >= 0.6 is 0 Å². The van der Waals surface area contributed by atoms with Crippen molar-refractivity contribution in [3.63, 3.8) is 0 Å². The Balaban J connectivity index is 1.35. The fraction of sp³-hybridized carbons (Fsp3) is 0.200. The summed E-state index contributed by atoms with van der Waals surface area (Å²) in [5, 5.41) is 18.8. The summed E-state index contributed by atoms with van der Waals surface area (Å²) in [4.78, 5) is 38.5. The Morgan fingerprint density at radius 1 is 1.00 bits per heavy atom. The molecule has 204 valence electrons. The molecular weight excluding hydrogens is 511 g/mol. The number of benzene rings is 3. The Hall–Kier alpha value is -4.99. The lowest BCUT2D eigenvalue weighted by Crippen LogP contribution is -2.46. The van der Waals surface area contributed by atoms with Crippen LogP contribution in [0.2, 0.25) is 0 Å². The van der Waals surface area contributed by atoms with E-state index >= 15 is 0 Å². The number of hydrogen-bond acceptors (Lipinski definition) is 4. The lowest BCUT2D eigenvalue weighted by Gasteiger charge is -2.29. The maximum Gasteiger partial charge on any atom is 0.319 e. The molecule has 0 fully saturated rings. The molecule has 0 saturated carbocycles. The van der Waals surface area contributed by atoms with Gasteiger partial charge in [-0.05, 0) is 73.4 Å². The van der Waals surface area contributed by atoms with Gasteiger partial charge in [-0.25, -0.2) is 9.18 Å². The number of halogens is 1. The Bertz CT molecular complexity index is 1680. The summed E-state index contributed by atoms with van der Waals surface area (Å²) in [6.07, 6.45) is 1.46. The number of allylic oxidation sites excluding steroid dienone is 1. The Morgan fingerprint density at radius 3 is 2.65 bits per heavy atom. The van der Waals surface area contributed by atoms with Gasteiger partial charge in [-0.2, -0.15) is 5.10 Å². The zero-order valence-corrected chi connectivity index (χ0v) is 22.3. The normalized spacial score (nSPS) is 15.0. The van der Waals surface area contributed by atoms with Gasteiger partial charge in [0.2, 0.25) is 5.91 Å². The van der Waals surface area contributed by atoms with Crippen molar-refractivity contribution >= 4 is 34.4 Å². The van der Waals surface area contributed by atoms with Gasteiger partial charge in [-0.15, -0.1) is 0 Å². The molecule has 5 rings (SSSR count). The number of rotatable bonds is 7. The number of aromatic amines is 1. The van der Waals surface area contributed by atoms with E-state index in [-0.39, 0.29) is 23.5 Å². The number of aromatic nitrogens is 2. The average Bonchev–Trinajstić information content (AvgIpc) is 3.38. The summed E-state index contributed by atoms with van der Waals surface area (Å²) in [5.74, 6) is -1.33. The zero-order valence-electron chi connectivity index (χ0n) is 22.3. The number of carbonyl (C=O) groups excluding carboxylic acids is 3. The maximum absolute atomic E-state index is 14.8. The van der Waals surface area contributed by atoms with Crippen LogP contribution in [0, 0.1) is 19.7 Å². The molecule has 1 aliphatic heterocycles. The van der Waals surface area contributed by atoms with Crippen LogP contribution < -0.4 is 21.3 Å². The Morgan fingerprint density at radius 2 is 1.82 bits per heavy atom. The van der Waals surface area contributed by atoms with E-state index in [0.29, 0.717) is 23.5 Å². The highest BCUT2D eigenvalue weighted by Crippen LogP contribution is 2.29. The number of H-pyrrole nitrogens is 1. The van der Waals surface area contributed by atoms with Crippen LogP contribution in [0.1, 0.15) is 40.8 Å². The van der Waals surface area contributed by atoms with E-state index in [1.807, 2.05) is 32.0 Å². The molecular formula is C30H29FN6O3. The number of nitrogens with zero attached hydrogens (tertiary/aromatic N) is 1. The fourth-order valence-electron chi connectivity index (χ4n) is 4.79. The molecule has 0 radical (unpaired) electrons. The minimum Gasteiger partial charge on any atom is -0.352 e. The molecule has 4 amide bonds. The van der Waals surface area contributed by atoms with Gasteiger partial charge >= 0.3 is 6.03 Å². The monoisotopic (exact) mass is 540 g/mol. The first-order valence-electron chi connectivity index (χ1n) is 12.8. The summed E-state index contributed by atoms with van der Waals surface area (Å²) in [6, 6.07) is 14.2. The maximum atomic E-state index is 14.8. The molecule has 1 unspecified atom stereocenters. The predicted octanol–water partition coefficient (Wildman–Crippen LogP) is 4.44. The fourth-order valence-corrected chi connectivity index (χ4v) is 4.79. The van der Waals surface area contributed by atoms with Crippen LogP contribution in [0.25, 0.3) is 10.9 Å². The van der Waals surface area contributed by atoms with Gasteiger partial charge in [0.15, 0.2) is 0 Å². The van der Waals surface area contributed by atoms with Gasteiger partial charge in [0, 0.05) is 23.3 Å². The van der Waals surface area contributed by atoms with Gasteiger partial charge in [0.1, 0.15) is 5.82 Å². The minimum atomic E-state index is -0.858. The van der Waals surface area contributed by atoms with Crippen molar-refractivity contribution in [3.8, 4) is 0 Å². The van der Waals surface area contributed by atoms with Crippen molar-refractivity contribution in [2.45, 2.75) is 39.8 Å². The average molecular weight is 541 g/mol. The molecule has 9 nitrogen and oxygen atoms in total. The molecule has 0 saturated heterocycles. The molecule has 1 atom stereocenters. The molecule has 0 spiro atoms. The molecule has 10 heteroatoms. The number of carbonyl (C=O) groups is 3. The van der Waals surface area contributed by atoms with E-state index in [9.17, 15) is 18.8 Å². The van der Waals surface area contributed by atoms with E-state index in [2.05, 4.69) is 31.5 Å². The SMILES string of the molecule is CC1=C(C(=O)Nc2ccc3[nH]ncc3c2)C(c2ccc(F)c(CC(=O)NCc3cc(C)ccc3C)c2)NC(=O)N1. The molecule has 3 aromatic carbocycles. The summed E-state index contributed by atoms with van der Waals surface area (Å²) in [7, 11) is 0. The van der Waals surface area contributed by atoms with Gasteiger partial charge in [-0.3, -0.25) is 14.7 Å². The standard InChI is InChI=1S/C30H29FN6O3/c1-16-4-5-17(2)21(10-16)14-32-26(38)13-20-11-19(6-8-24(20)31)28-27(18(3)34-30(40)36-28)29(39)35-23-7-9-25-22(12-23)15-33-37-25/h4-12,15,28H,13-14H2,1-3H3,(H,32,38)(H,33,37)(H,35,39)(H2,34,36,40). The number of aryl methyl sites for hydroxylation is 2. The summed E-state index contributed by atoms with van der Waals surface area (Å²) in [6.45, 7) is 5.91. The van der Waals surface area contributed by atoms with Crippen molar-refractivity contribution in [2.75, 3.05) is 5.32 Å². The van der Waals surface area contributed by atoms with E-state index < -0.39 is 23.8 Å². The van der Waals surface area contributed by atoms with E-state index in [1.54, 1.807) is 31.3 Å². The van der Waals surface area contributed by atoms with Crippen molar-refractivity contribution in [1.29, 1.82) is 0 Å². The Labute approximate surface area is 230 Å². The second kappa shape index (κ2) is 11.0. The molecule has 1 aliphatic rings. The highest BCUT2D eigenvalue weighted by molar-refractivity contribution is 6.07. The highest BCUT2D eigenvalue weighted by Gasteiger charge is 2.32. The highest BCUT2D eigenvalue weighted by atomic mass is 19.1. The van der Waals surface area contributed by atoms with Gasteiger partial charge in [0.05, 0.1) is 29.7 Å². The summed E-state index contributed by atoms with van der Waals surface area (Å²) in [5.41, 5.74) is 5.78. The lowest BCUT2D eigenvalue weighted by molar-refractivity contribution is -0.120. The molecule has 2 heterocycles. The van der Waals surface area contributed by atoms with Gasteiger partial charge in [-0.1, -0.05) is 29.8 Å². The summed E-state index contributed by atoms with van der Waals surface area (Å²) >= 11 is 0. The first-order chi connectivity index (χ1) is 19.2. The third kappa shape index (κ3) is 5.70. The second-order valence-electron chi connectivity index (χ2n) is 9.93. The van der Waals surface area contributed by atoms with Crippen molar-refractivity contribution in [1.82, 2.24) is 26.1 Å². The van der Waals surface area contributed by atoms with E-state index in [4.69, 9.17) is 0 Å². The minimum absolute atomic E-state index is 0.159. The van der Waals surface area contributed by atoms with Crippen LogP contribution in [0.5, 0.6) is 0 Å². The third-order valence-electron chi connectivity index (χ3n) is 6.95. The number of amides is 4. The van der Waals surface area contributed by atoms with E-state index in [1.165, 1.54) is 18.2 Å². The van der Waals surface area contributed by atoms with Crippen LogP contribution in [0.4, 0.5) is 14.9 Å². The number of fused-ring (bicyclic) bond motifs is 1. The number of hydrogen-bond donors (Lipinski definition) is 5. The largest absolute Gasteiger partial charge is 0.352 e. The second-order valence-corrected chi connectivity index (χ2v) is 9.93. The Kier molecular flexibility index (Phi) is 7.33. The number of nitrogens with one attached hydrogen (secondary N) is 5. The van der Waals surface area contributed by atoms with Crippen LogP contribution in [0.15, 0.2) is 72.1 Å². The quantitative estimate of drug-likeness (QED) is 0.237. The first kappa shape index (κ1) is 26.6.